The molecule has 324 valence electrons. The Labute approximate surface area is 377 Å². The number of hydrogen-bond acceptors (Lipinski definition) is 6. The third-order valence-corrected chi connectivity index (χ3v) is 12.4. The molecule has 1 saturated carbocycles. The molecular formula is C57H66N6. The Balaban J connectivity index is 1.13. The summed E-state index contributed by atoms with van der Waals surface area (Å²) >= 11 is 0. The number of pyridine rings is 3. The Morgan fingerprint density at radius 3 is 0.794 bits per heavy atom. The van der Waals surface area contributed by atoms with E-state index in [1.807, 2.05) is 37.2 Å². The summed E-state index contributed by atoms with van der Waals surface area (Å²) in [4.78, 5) is 30.5. The maximum atomic E-state index is 5.32. The molecule has 6 heteroatoms. The van der Waals surface area contributed by atoms with Crippen LogP contribution >= 0.6 is 0 Å². The van der Waals surface area contributed by atoms with Crippen molar-refractivity contribution in [1.29, 1.82) is 0 Å². The molecule has 1 aliphatic rings. The van der Waals surface area contributed by atoms with Crippen molar-refractivity contribution in [3.8, 4) is 33.8 Å². The first-order valence-corrected chi connectivity index (χ1v) is 22.4. The fourth-order valence-electron chi connectivity index (χ4n) is 8.99. The van der Waals surface area contributed by atoms with Gasteiger partial charge in [0.25, 0.3) is 0 Å². The van der Waals surface area contributed by atoms with Gasteiger partial charge in [-0.2, -0.15) is 0 Å². The zero-order valence-electron chi connectivity index (χ0n) is 39.7. The quantitative estimate of drug-likeness (QED) is 0.136. The van der Waals surface area contributed by atoms with Gasteiger partial charge in [-0.25, -0.2) is 0 Å². The molecule has 0 radical (unpaired) electrons. The van der Waals surface area contributed by atoms with Gasteiger partial charge >= 0.3 is 0 Å². The molecule has 6 nitrogen and oxygen atoms in total. The molecule has 0 unspecified atom stereocenters. The van der Waals surface area contributed by atoms with Crippen molar-refractivity contribution in [2.24, 2.45) is 15.0 Å². The van der Waals surface area contributed by atoms with Crippen LogP contribution in [0.1, 0.15) is 136 Å². The first-order valence-electron chi connectivity index (χ1n) is 22.4. The summed E-state index contributed by atoms with van der Waals surface area (Å²) in [6.07, 6.45) is 14.0. The maximum Gasteiger partial charge on any atom is 0.0702 e. The molecule has 3 aromatic heterocycles. The summed E-state index contributed by atoms with van der Waals surface area (Å²) < 4.78 is 0. The van der Waals surface area contributed by atoms with Gasteiger partial charge in [0.15, 0.2) is 0 Å². The smallest absolute Gasteiger partial charge is 0.0702 e. The summed E-state index contributed by atoms with van der Waals surface area (Å²) in [5.74, 6) is 0. The number of nitrogens with zero attached hydrogens (tertiary/aromatic N) is 6. The Bertz CT molecular complexity index is 2260. The van der Waals surface area contributed by atoms with Crippen LogP contribution in [0.2, 0.25) is 0 Å². The molecule has 0 N–H and O–H groups in total. The molecule has 3 aromatic carbocycles. The minimum Gasteiger partial charge on any atom is -0.286 e. The molecule has 0 atom stereocenters. The lowest BCUT2D eigenvalue weighted by Crippen LogP contribution is -2.51. The monoisotopic (exact) mass is 835 g/mol. The fraction of sp³-hybridized carbons (Fsp3) is 0.368. The van der Waals surface area contributed by atoms with Crippen LogP contribution in [0.4, 0.5) is 0 Å². The van der Waals surface area contributed by atoms with E-state index in [0.29, 0.717) is 0 Å². The van der Waals surface area contributed by atoms with Crippen LogP contribution in [0.15, 0.2) is 143 Å². The van der Waals surface area contributed by atoms with E-state index in [4.69, 9.17) is 29.9 Å². The molecular weight excluding hydrogens is 769 g/mol. The molecule has 0 aliphatic heterocycles. The van der Waals surface area contributed by atoms with Gasteiger partial charge in [0, 0.05) is 70.6 Å². The van der Waals surface area contributed by atoms with E-state index in [1.54, 1.807) is 0 Å². The lowest BCUT2D eigenvalue weighted by Gasteiger charge is -2.48. The summed E-state index contributed by atoms with van der Waals surface area (Å²) in [6, 6.07) is 38.7. The second kappa shape index (κ2) is 17.4. The second-order valence-electron chi connectivity index (χ2n) is 21.7. The SMILES string of the molecule is CC1(N=Cc2ccc(-c3ccc(C(C)(C)C)cc3)nc2)CC(C)(N=Cc2ccc(-c3ccc(C(C)(C)C)cc3)nc2)CC(C)(N=Cc2ccc(-c3ccc(C(C)(C)C)cc3)nc2)C1. The number of aliphatic imine (C=N–C) groups is 3. The van der Waals surface area contributed by atoms with Crippen molar-refractivity contribution >= 4 is 18.6 Å². The van der Waals surface area contributed by atoms with Crippen LogP contribution in [0.3, 0.4) is 0 Å². The molecule has 0 spiro atoms. The zero-order chi connectivity index (χ0) is 45.3. The van der Waals surface area contributed by atoms with Crippen molar-refractivity contribution in [2.45, 2.75) is 135 Å². The average molecular weight is 835 g/mol. The first kappa shape index (κ1) is 45.2. The van der Waals surface area contributed by atoms with Gasteiger partial charge in [0.2, 0.25) is 0 Å². The van der Waals surface area contributed by atoms with Gasteiger partial charge in [-0.05, 0) is 109 Å². The predicted octanol–water partition coefficient (Wildman–Crippen LogP) is 13.9. The van der Waals surface area contributed by atoms with Gasteiger partial charge in [0.05, 0.1) is 33.7 Å². The lowest BCUT2D eigenvalue weighted by molar-refractivity contribution is 0.150. The van der Waals surface area contributed by atoms with Gasteiger partial charge in [-0.15, -0.1) is 0 Å². The Morgan fingerprint density at radius 1 is 0.365 bits per heavy atom. The average Bonchev–Trinajstić information content (AvgIpc) is 3.24. The Kier molecular flexibility index (Phi) is 12.4. The highest BCUT2D eigenvalue weighted by molar-refractivity contribution is 5.82. The molecule has 0 saturated heterocycles. The van der Waals surface area contributed by atoms with Crippen molar-refractivity contribution in [3.63, 3.8) is 0 Å². The number of aromatic nitrogens is 3. The van der Waals surface area contributed by atoms with Crippen molar-refractivity contribution in [2.75, 3.05) is 0 Å². The minimum absolute atomic E-state index is 0.107. The Morgan fingerprint density at radius 2 is 0.603 bits per heavy atom. The highest BCUT2D eigenvalue weighted by Gasteiger charge is 2.49. The first-order chi connectivity index (χ1) is 29.6. The molecule has 6 aromatic rings. The van der Waals surface area contributed by atoms with Crippen molar-refractivity contribution in [1.82, 2.24) is 15.0 Å². The lowest BCUT2D eigenvalue weighted by atomic mass is 9.65. The van der Waals surface area contributed by atoms with Crippen LogP contribution in [-0.4, -0.2) is 50.2 Å². The highest BCUT2D eigenvalue weighted by atomic mass is 15.0. The van der Waals surface area contributed by atoms with E-state index in [2.05, 4.69) is 192 Å². The minimum atomic E-state index is -0.444. The van der Waals surface area contributed by atoms with E-state index in [0.717, 1.165) is 69.7 Å². The van der Waals surface area contributed by atoms with E-state index in [9.17, 15) is 0 Å². The van der Waals surface area contributed by atoms with Gasteiger partial charge in [-0.3, -0.25) is 29.9 Å². The van der Waals surface area contributed by atoms with E-state index in [1.165, 1.54) is 16.7 Å². The van der Waals surface area contributed by atoms with Crippen molar-refractivity contribution < 1.29 is 0 Å². The molecule has 63 heavy (non-hydrogen) atoms. The third-order valence-electron chi connectivity index (χ3n) is 12.4. The second-order valence-corrected chi connectivity index (χ2v) is 21.7. The summed E-state index contributed by atoms with van der Waals surface area (Å²) in [7, 11) is 0. The van der Waals surface area contributed by atoms with Crippen LogP contribution in [-0.2, 0) is 16.2 Å². The molecule has 3 heterocycles. The highest BCUT2D eigenvalue weighted by Crippen LogP contribution is 2.47. The maximum absolute atomic E-state index is 5.32. The van der Waals surface area contributed by atoms with E-state index < -0.39 is 16.6 Å². The third kappa shape index (κ3) is 11.4. The molecule has 0 bridgehead atoms. The Hall–Kier alpha value is -5.88. The van der Waals surface area contributed by atoms with Crippen molar-refractivity contribution in [3.05, 3.63) is 161 Å². The van der Waals surface area contributed by atoms with E-state index >= 15 is 0 Å². The van der Waals surface area contributed by atoms with Gasteiger partial charge < -0.3 is 0 Å². The zero-order valence-corrected chi connectivity index (χ0v) is 39.7. The molecule has 0 amide bonds. The molecule has 1 fully saturated rings. The van der Waals surface area contributed by atoms with Crippen LogP contribution < -0.4 is 0 Å². The van der Waals surface area contributed by atoms with E-state index in [-0.39, 0.29) is 16.2 Å². The molecule has 7 rings (SSSR count). The van der Waals surface area contributed by atoms with Crippen LogP contribution in [0, 0.1) is 0 Å². The summed E-state index contributed by atoms with van der Waals surface area (Å²) in [5, 5.41) is 0. The topological polar surface area (TPSA) is 75.8 Å². The normalized spacial score (nSPS) is 21.1. The predicted molar refractivity (Wildman–Crippen MR) is 267 cm³/mol. The number of rotatable bonds is 9. The number of benzene rings is 3. The standard InChI is InChI=1S/C57H66N6/c1-52(2,3)46-22-16-43(17-23-46)49-28-13-40(31-58-49)34-61-55(10)37-56(11,62-35-41-14-29-50(59-32-41)44-18-24-47(25-19-44)53(4,5)6)39-57(12,38-55)63-36-42-15-30-51(60-33-42)45-20-26-48(27-21-45)54(7,8)9/h13-36H,37-39H2,1-12H3. The summed E-state index contributed by atoms with van der Waals surface area (Å²) in [5.41, 5.74) is 12.0. The number of hydrogen-bond donors (Lipinski definition) is 0. The summed E-state index contributed by atoms with van der Waals surface area (Å²) in [6.45, 7) is 26.8. The largest absolute Gasteiger partial charge is 0.286 e. The van der Waals surface area contributed by atoms with Crippen LogP contribution in [0.5, 0.6) is 0 Å². The fourth-order valence-corrected chi connectivity index (χ4v) is 8.99. The van der Waals surface area contributed by atoms with Crippen LogP contribution in [0.25, 0.3) is 33.8 Å². The van der Waals surface area contributed by atoms with Gasteiger partial charge in [-0.1, -0.05) is 135 Å². The molecule has 1 aliphatic carbocycles. The van der Waals surface area contributed by atoms with Gasteiger partial charge in [0.1, 0.15) is 0 Å².